The van der Waals surface area contributed by atoms with Crippen LogP contribution < -0.4 is 5.32 Å². The predicted octanol–water partition coefficient (Wildman–Crippen LogP) is 0.365. The van der Waals surface area contributed by atoms with Crippen molar-refractivity contribution in [2.24, 2.45) is 5.41 Å². The molecule has 1 aliphatic rings. The molecule has 1 saturated heterocycles. The lowest BCUT2D eigenvalue weighted by Crippen LogP contribution is -2.29. The molecule has 1 aliphatic heterocycles. The molecule has 2 nitrogen and oxygen atoms in total. The first kappa shape index (κ1) is 8.21. The van der Waals surface area contributed by atoms with E-state index in [1.54, 1.807) is 0 Å². The zero-order valence-corrected chi connectivity index (χ0v) is 7.46. The van der Waals surface area contributed by atoms with Gasteiger partial charge in [-0.05, 0) is 5.41 Å². The Balaban J connectivity index is 2.54. The summed E-state index contributed by atoms with van der Waals surface area (Å²) in [4.78, 5) is 0. The molecule has 3 heteroatoms. The molecule has 1 rings (SSSR count). The van der Waals surface area contributed by atoms with Crippen LogP contribution in [0.5, 0.6) is 0 Å². The van der Waals surface area contributed by atoms with E-state index in [0.29, 0.717) is 0 Å². The fraction of sp³-hybridized carbons (Fsp3) is 1.00. The van der Waals surface area contributed by atoms with Crippen LogP contribution in [-0.4, -0.2) is 28.8 Å². The van der Waals surface area contributed by atoms with Crippen molar-refractivity contribution in [2.75, 3.05) is 24.6 Å². The molecule has 0 bridgehead atoms. The van der Waals surface area contributed by atoms with Gasteiger partial charge in [-0.1, -0.05) is 13.8 Å². The smallest absolute Gasteiger partial charge is 0.0360 e. The molecule has 1 fully saturated rings. The Hall–Kier alpha value is 0.110. The molecule has 10 heavy (non-hydrogen) atoms. The Morgan fingerprint density at radius 3 is 2.90 bits per heavy atom. The Kier molecular flexibility index (Phi) is 2.47. The second-order valence-corrected chi connectivity index (χ2v) is 5.21. The van der Waals surface area contributed by atoms with Crippen molar-refractivity contribution < 1.29 is 4.21 Å². The van der Waals surface area contributed by atoms with Gasteiger partial charge in [-0.2, -0.15) is 0 Å². The maximum absolute atomic E-state index is 11.2. The maximum atomic E-state index is 11.2. The van der Waals surface area contributed by atoms with Crippen molar-refractivity contribution in [2.45, 2.75) is 13.8 Å². The third kappa shape index (κ3) is 2.39. The van der Waals surface area contributed by atoms with Crippen LogP contribution in [0.25, 0.3) is 0 Å². The van der Waals surface area contributed by atoms with Gasteiger partial charge in [0, 0.05) is 35.4 Å². The third-order valence-corrected chi connectivity index (χ3v) is 3.42. The van der Waals surface area contributed by atoms with Crippen molar-refractivity contribution in [1.29, 1.82) is 0 Å². The lowest BCUT2D eigenvalue weighted by Gasteiger charge is -2.20. The van der Waals surface area contributed by atoms with Crippen LogP contribution in [0.15, 0.2) is 0 Å². The van der Waals surface area contributed by atoms with Crippen LogP contribution in [0.1, 0.15) is 13.8 Å². The van der Waals surface area contributed by atoms with Gasteiger partial charge in [-0.3, -0.25) is 4.21 Å². The number of hydrogen-bond acceptors (Lipinski definition) is 2. The van der Waals surface area contributed by atoms with E-state index in [4.69, 9.17) is 0 Å². The first-order valence-electron chi connectivity index (χ1n) is 3.66. The van der Waals surface area contributed by atoms with Gasteiger partial charge < -0.3 is 5.32 Å². The highest BCUT2D eigenvalue weighted by Crippen LogP contribution is 2.16. The summed E-state index contributed by atoms with van der Waals surface area (Å²) < 4.78 is 11.2. The van der Waals surface area contributed by atoms with Gasteiger partial charge in [0.15, 0.2) is 0 Å². The van der Waals surface area contributed by atoms with Crippen LogP contribution >= 0.6 is 0 Å². The molecule has 0 aromatic carbocycles. The minimum atomic E-state index is -0.590. The van der Waals surface area contributed by atoms with Gasteiger partial charge >= 0.3 is 0 Å². The summed E-state index contributed by atoms with van der Waals surface area (Å²) in [6.45, 7) is 6.22. The fourth-order valence-corrected chi connectivity index (χ4v) is 2.66. The highest BCUT2D eigenvalue weighted by Gasteiger charge is 2.23. The second kappa shape index (κ2) is 3.01. The molecule has 0 spiro atoms. The van der Waals surface area contributed by atoms with E-state index >= 15 is 0 Å². The average Bonchev–Trinajstić information content (AvgIpc) is 1.90. The molecule has 1 unspecified atom stereocenters. The second-order valence-electron chi connectivity index (χ2n) is 3.63. The average molecular weight is 161 g/mol. The topological polar surface area (TPSA) is 29.1 Å². The molecule has 0 saturated carbocycles. The quantitative estimate of drug-likeness (QED) is 0.556. The van der Waals surface area contributed by atoms with Crippen LogP contribution in [0.4, 0.5) is 0 Å². The minimum absolute atomic E-state index is 0.224. The van der Waals surface area contributed by atoms with Gasteiger partial charge in [-0.25, -0.2) is 0 Å². The van der Waals surface area contributed by atoms with E-state index in [-0.39, 0.29) is 5.41 Å². The first-order valence-corrected chi connectivity index (χ1v) is 5.15. The van der Waals surface area contributed by atoms with E-state index < -0.39 is 10.8 Å². The monoisotopic (exact) mass is 161 g/mol. The van der Waals surface area contributed by atoms with E-state index in [2.05, 4.69) is 19.2 Å². The summed E-state index contributed by atoms with van der Waals surface area (Å²) in [6, 6.07) is 0. The summed E-state index contributed by atoms with van der Waals surface area (Å²) in [5.41, 5.74) is 0.224. The lowest BCUT2D eigenvalue weighted by atomic mass is 9.97. The van der Waals surface area contributed by atoms with Crippen LogP contribution in [-0.2, 0) is 10.8 Å². The van der Waals surface area contributed by atoms with E-state index in [9.17, 15) is 4.21 Å². The van der Waals surface area contributed by atoms with Gasteiger partial charge in [-0.15, -0.1) is 0 Å². The molecular weight excluding hydrogens is 146 g/mol. The summed E-state index contributed by atoms with van der Waals surface area (Å²) in [5, 5.41) is 3.27. The van der Waals surface area contributed by atoms with E-state index in [0.717, 1.165) is 24.6 Å². The molecule has 60 valence electrons. The van der Waals surface area contributed by atoms with Crippen molar-refractivity contribution >= 4 is 10.8 Å². The van der Waals surface area contributed by atoms with Crippen molar-refractivity contribution in [3.8, 4) is 0 Å². The standard InChI is InChI=1S/C7H15NOS/c1-7(2)5-8-3-4-10(9)6-7/h8H,3-6H2,1-2H3. The molecule has 1 heterocycles. The highest BCUT2D eigenvalue weighted by atomic mass is 32.2. The van der Waals surface area contributed by atoms with Crippen LogP contribution in [0, 0.1) is 5.41 Å². The molecule has 0 aromatic heterocycles. The Morgan fingerprint density at radius 1 is 1.50 bits per heavy atom. The normalized spacial score (nSPS) is 33.2. The summed E-state index contributed by atoms with van der Waals surface area (Å²) in [5.74, 6) is 1.67. The largest absolute Gasteiger partial charge is 0.315 e. The van der Waals surface area contributed by atoms with Gasteiger partial charge in [0.05, 0.1) is 0 Å². The van der Waals surface area contributed by atoms with Crippen molar-refractivity contribution in [3.05, 3.63) is 0 Å². The third-order valence-electron chi connectivity index (χ3n) is 1.66. The number of rotatable bonds is 0. The molecule has 0 amide bonds. The Bertz CT molecular complexity index is 145. The number of nitrogens with one attached hydrogen (secondary N) is 1. The Labute approximate surface area is 64.8 Å². The molecule has 0 aliphatic carbocycles. The summed E-state index contributed by atoms with van der Waals surface area (Å²) >= 11 is 0. The zero-order chi connectivity index (χ0) is 7.61. The minimum Gasteiger partial charge on any atom is -0.315 e. The Morgan fingerprint density at radius 2 is 2.20 bits per heavy atom. The van der Waals surface area contributed by atoms with Crippen LogP contribution in [0.2, 0.25) is 0 Å². The molecule has 1 N–H and O–H groups in total. The molecule has 0 aromatic rings. The van der Waals surface area contributed by atoms with E-state index in [1.165, 1.54) is 0 Å². The zero-order valence-electron chi connectivity index (χ0n) is 6.64. The van der Waals surface area contributed by atoms with Gasteiger partial charge in [0.1, 0.15) is 0 Å². The van der Waals surface area contributed by atoms with E-state index in [1.807, 2.05) is 0 Å². The van der Waals surface area contributed by atoms with Crippen LogP contribution in [0.3, 0.4) is 0 Å². The summed E-state index contributed by atoms with van der Waals surface area (Å²) in [6.07, 6.45) is 0. The fourth-order valence-electron chi connectivity index (χ4n) is 1.17. The highest BCUT2D eigenvalue weighted by molar-refractivity contribution is 7.85. The number of hydrogen-bond donors (Lipinski definition) is 1. The van der Waals surface area contributed by atoms with Crippen molar-refractivity contribution in [3.63, 3.8) is 0 Å². The first-order chi connectivity index (χ1) is 4.60. The lowest BCUT2D eigenvalue weighted by molar-refractivity contribution is 0.399. The predicted molar refractivity (Wildman–Crippen MR) is 44.5 cm³/mol. The summed E-state index contributed by atoms with van der Waals surface area (Å²) in [7, 11) is -0.590. The maximum Gasteiger partial charge on any atom is 0.0360 e. The molecular formula is C7H15NOS. The van der Waals surface area contributed by atoms with Crippen molar-refractivity contribution in [1.82, 2.24) is 5.32 Å². The SMILES string of the molecule is CC1(C)CNCCS(=O)C1. The van der Waals surface area contributed by atoms with Gasteiger partial charge in [0.25, 0.3) is 0 Å². The molecule has 0 radical (unpaired) electrons. The molecule has 1 atom stereocenters. The van der Waals surface area contributed by atoms with Gasteiger partial charge in [0.2, 0.25) is 0 Å².